The lowest BCUT2D eigenvalue weighted by atomic mass is 9.65. The highest BCUT2D eigenvalue weighted by Crippen LogP contribution is 2.49. The summed E-state index contributed by atoms with van der Waals surface area (Å²) in [4.78, 5) is 28.0. The smallest absolute Gasteiger partial charge is 0.330 e. The summed E-state index contributed by atoms with van der Waals surface area (Å²) in [6.07, 6.45) is 1.82. The molecule has 240 valence electrons. The molecular formula is C38H41N5O3Si. The molecule has 1 unspecified atom stereocenters. The zero-order valence-corrected chi connectivity index (χ0v) is 29.6. The predicted molar refractivity (Wildman–Crippen MR) is 191 cm³/mol. The van der Waals surface area contributed by atoms with Gasteiger partial charge >= 0.3 is 6.03 Å². The van der Waals surface area contributed by atoms with Crippen LogP contribution < -0.4 is 19.9 Å². The van der Waals surface area contributed by atoms with Crippen LogP contribution in [-0.4, -0.2) is 40.1 Å². The highest BCUT2D eigenvalue weighted by Gasteiger charge is 2.50. The number of para-hydroxylation sites is 1. The van der Waals surface area contributed by atoms with Crippen LogP contribution in [0, 0.1) is 11.3 Å². The highest BCUT2D eigenvalue weighted by atomic mass is 28.2. The predicted octanol–water partition coefficient (Wildman–Crippen LogP) is 7.08. The molecule has 0 aliphatic carbocycles. The summed E-state index contributed by atoms with van der Waals surface area (Å²) in [5.41, 5.74) is 3.44. The number of ether oxygens (including phenoxy) is 1. The molecule has 4 aromatic carbocycles. The molecule has 6 rings (SSSR count). The molecule has 2 amide bonds. The number of carbonyl (C=O) groups is 1. The molecule has 1 atom stereocenters. The van der Waals surface area contributed by atoms with Crippen LogP contribution in [0.1, 0.15) is 37.5 Å². The van der Waals surface area contributed by atoms with Crippen molar-refractivity contribution in [2.24, 2.45) is 11.3 Å². The van der Waals surface area contributed by atoms with Gasteiger partial charge in [-0.15, -0.1) is 0 Å². The van der Waals surface area contributed by atoms with Crippen molar-refractivity contribution in [3.05, 3.63) is 138 Å². The minimum atomic E-state index is -0.825. The summed E-state index contributed by atoms with van der Waals surface area (Å²) >= 11 is 0. The fourth-order valence-electron chi connectivity index (χ4n) is 6.57. The third kappa shape index (κ3) is 6.37. The van der Waals surface area contributed by atoms with Crippen molar-refractivity contribution in [3.8, 4) is 5.75 Å². The number of benzene rings is 4. The summed E-state index contributed by atoms with van der Waals surface area (Å²) in [6, 6.07) is 38.0. The summed E-state index contributed by atoms with van der Waals surface area (Å²) in [5.74, 6) is 1.55. The van der Waals surface area contributed by atoms with E-state index in [2.05, 4.69) is 79.6 Å². The number of hydrogen-bond acceptors (Lipinski definition) is 6. The maximum atomic E-state index is 14.8. The standard InChI is InChI=1S/C38H41N5O3Si/c1-37(2,3)33(38(46-47,28-14-8-5-9-15-28)29-16-10-6-11-17-29)26-43-34-27(24-39-35(41-34)40-30-18-12-7-13-19-30)25-42(36(43)44)31-20-22-32(45-4)23-21-31/h5-24,33H,25-26H2,1-4,47H3,(H,39,40,41). The summed E-state index contributed by atoms with van der Waals surface area (Å²) in [6.45, 7) is 7.34. The van der Waals surface area contributed by atoms with Gasteiger partial charge in [0.25, 0.3) is 0 Å². The molecule has 1 aliphatic rings. The first kappa shape index (κ1) is 32.0. The average Bonchev–Trinajstić information content (AvgIpc) is 3.10. The van der Waals surface area contributed by atoms with Crippen LogP contribution in [0.2, 0.25) is 0 Å². The molecule has 0 spiro atoms. The van der Waals surface area contributed by atoms with Gasteiger partial charge in [0, 0.05) is 35.6 Å². The van der Waals surface area contributed by atoms with Crippen molar-refractivity contribution >= 4 is 39.7 Å². The Balaban J connectivity index is 1.50. The average molecular weight is 644 g/mol. The molecule has 8 nitrogen and oxygen atoms in total. The maximum Gasteiger partial charge on any atom is 0.330 e. The molecule has 0 saturated heterocycles. The molecule has 1 N–H and O–H groups in total. The number of nitrogens with one attached hydrogen (secondary N) is 1. The number of rotatable bonds is 10. The van der Waals surface area contributed by atoms with Crippen LogP contribution in [-0.2, 0) is 16.6 Å². The molecule has 0 saturated carbocycles. The number of fused-ring (bicyclic) bond motifs is 1. The van der Waals surface area contributed by atoms with Gasteiger partial charge < -0.3 is 14.5 Å². The Morgan fingerprint density at radius 2 is 1.43 bits per heavy atom. The molecule has 47 heavy (non-hydrogen) atoms. The first-order valence-electron chi connectivity index (χ1n) is 15.8. The van der Waals surface area contributed by atoms with Crippen molar-refractivity contribution in [3.63, 3.8) is 0 Å². The summed E-state index contributed by atoms with van der Waals surface area (Å²) < 4.78 is 12.2. The Bertz CT molecular complexity index is 1760. The summed E-state index contributed by atoms with van der Waals surface area (Å²) in [7, 11) is 2.11. The SMILES string of the molecule is COc1ccc(N2Cc3cnc(Nc4ccccc4)nc3N(CC(C(C)(C)C)C(O[SiH3])(c3ccccc3)c3ccccc3)C2=O)cc1. The number of urea groups is 1. The number of aromatic nitrogens is 2. The Morgan fingerprint density at radius 3 is 1.96 bits per heavy atom. The van der Waals surface area contributed by atoms with Crippen LogP contribution in [0.5, 0.6) is 5.75 Å². The van der Waals surface area contributed by atoms with Gasteiger partial charge in [-0.05, 0) is 52.9 Å². The normalized spacial score (nSPS) is 14.1. The van der Waals surface area contributed by atoms with E-state index < -0.39 is 5.60 Å². The quantitative estimate of drug-likeness (QED) is 0.164. The molecule has 0 bridgehead atoms. The number of carbonyl (C=O) groups excluding carboxylic acids is 1. The van der Waals surface area contributed by atoms with Crippen LogP contribution in [0.25, 0.3) is 0 Å². The minimum absolute atomic E-state index is 0.162. The first-order chi connectivity index (χ1) is 22.7. The Labute approximate surface area is 279 Å². The number of nitrogens with zero attached hydrogens (tertiary/aromatic N) is 4. The molecule has 1 aliphatic heterocycles. The van der Waals surface area contributed by atoms with E-state index in [1.54, 1.807) is 12.0 Å². The molecule has 0 radical (unpaired) electrons. The number of methoxy groups -OCH3 is 1. The fourth-order valence-corrected chi connectivity index (χ4v) is 7.33. The van der Waals surface area contributed by atoms with E-state index in [0.717, 1.165) is 33.8 Å². The van der Waals surface area contributed by atoms with E-state index in [-0.39, 0.29) is 17.4 Å². The van der Waals surface area contributed by atoms with Crippen molar-refractivity contribution in [1.82, 2.24) is 9.97 Å². The van der Waals surface area contributed by atoms with E-state index >= 15 is 0 Å². The van der Waals surface area contributed by atoms with E-state index in [4.69, 9.17) is 14.1 Å². The van der Waals surface area contributed by atoms with Gasteiger partial charge in [0.1, 0.15) is 27.7 Å². The van der Waals surface area contributed by atoms with Crippen LogP contribution in [0.3, 0.4) is 0 Å². The number of anilines is 4. The third-order valence-corrected chi connectivity index (χ3v) is 9.57. The zero-order chi connectivity index (χ0) is 33.0. The Hall–Kier alpha value is -4.99. The van der Waals surface area contributed by atoms with E-state index in [1.165, 1.54) is 0 Å². The van der Waals surface area contributed by atoms with Gasteiger partial charge in [-0.1, -0.05) is 99.6 Å². The van der Waals surface area contributed by atoms with Crippen LogP contribution >= 0.6 is 0 Å². The van der Waals surface area contributed by atoms with Gasteiger partial charge in [-0.2, -0.15) is 4.98 Å². The second-order valence-electron chi connectivity index (χ2n) is 12.8. The second kappa shape index (κ2) is 13.4. The molecular weight excluding hydrogens is 603 g/mol. The van der Waals surface area contributed by atoms with Crippen molar-refractivity contribution in [2.75, 3.05) is 28.8 Å². The third-order valence-electron chi connectivity index (χ3n) is 8.93. The van der Waals surface area contributed by atoms with Gasteiger partial charge in [0.15, 0.2) is 0 Å². The number of amides is 2. The molecule has 5 aromatic rings. The summed E-state index contributed by atoms with van der Waals surface area (Å²) in [5, 5.41) is 3.31. The van der Waals surface area contributed by atoms with E-state index in [1.807, 2.05) is 77.8 Å². The highest BCUT2D eigenvalue weighted by molar-refractivity contribution is 6.05. The van der Waals surface area contributed by atoms with Gasteiger partial charge in [-0.3, -0.25) is 9.80 Å². The molecule has 1 aromatic heterocycles. The van der Waals surface area contributed by atoms with Gasteiger partial charge in [-0.25, -0.2) is 9.78 Å². The fraction of sp³-hybridized carbons (Fsp3) is 0.237. The minimum Gasteiger partial charge on any atom is -0.497 e. The topological polar surface area (TPSA) is 79.8 Å². The molecule has 0 fully saturated rings. The lowest BCUT2D eigenvalue weighted by Crippen LogP contribution is -2.56. The zero-order valence-electron chi connectivity index (χ0n) is 27.6. The molecule has 2 heterocycles. The van der Waals surface area contributed by atoms with E-state index in [0.29, 0.717) is 35.3 Å². The lowest BCUT2D eigenvalue weighted by Gasteiger charge is -2.50. The monoisotopic (exact) mass is 643 g/mol. The molecule has 9 heteroatoms. The Kier molecular flexibility index (Phi) is 9.11. The van der Waals surface area contributed by atoms with Crippen LogP contribution in [0.15, 0.2) is 121 Å². The lowest BCUT2D eigenvalue weighted by molar-refractivity contribution is -0.00144. The van der Waals surface area contributed by atoms with Gasteiger partial charge in [0.05, 0.1) is 13.7 Å². The number of hydrogen-bond donors (Lipinski definition) is 1. The van der Waals surface area contributed by atoms with Crippen molar-refractivity contribution in [2.45, 2.75) is 32.9 Å². The second-order valence-corrected chi connectivity index (χ2v) is 13.2. The van der Waals surface area contributed by atoms with Crippen molar-refractivity contribution < 1.29 is 14.0 Å². The first-order valence-corrected chi connectivity index (χ1v) is 16.6. The largest absolute Gasteiger partial charge is 0.497 e. The van der Waals surface area contributed by atoms with Crippen LogP contribution in [0.4, 0.5) is 27.9 Å². The Morgan fingerprint density at radius 1 is 0.851 bits per heavy atom. The maximum absolute atomic E-state index is 14.8. The van der Waals surface area contributed by atoms with Crippen molar-refractivity contribution in [1.29, 1.82) is 0 Å². The van der Waals surface area contributed by atoms with E-state index in [9.17, 15) is 4.79 Å². The van der Waals surface area contributed by atoms with Gasteiger partial charge in [0.2, 0.25) is 5.95 Å².